The molecule has 1 rings (SSSR count). The monoisotopic (exact) mass is 450 g/mol. The van der Waals surface area contributed by atoms with Crippen molar-refractivity contribution in [3.8, 4) is 0 Å². The van der Waals surface area contributed by atoms with Gasteiger partial charge in [0.2, 0.25) is 0 Å². The molecule has 0 bridgehead atoms. The molecule has 1 nitrogen and oxygen atoms in total. The van der Waals surface area contributed by atoms with E-state index in [1.165, 1.54) is 15.8 Å². The SMILES string of the molecule is C=CCC1(CC=C)C[CH2][Ge]([CH2]C=C)([CH2]C=C)[Ge]([CH2]C=C)([CH2]C=C)[O]1. The summed E-state index contributed by atoms with van der Waals surface area (Å²) in [6.07, 6.45) is 15.5. The molecule has 0 aliphatic carbocycles. The third-order valence-electron chi connectivity index (χ3n) is 5.49. The Hall–Kier alpha value is -0.514. The standard InChI is InChI=1S/C21H34Ge2O/c1-7-13-21(14-8-2)15-20-22(16-9-3,17-10-4)23(24-21,18-11-5)19-12-6/h7-12H,1-6,13-20H2. The van der Waals surface area contributed by atoms with Gasteiger partial charge in [0.05, 0.1) is 0 Å². The summed E-state index contributed by atoms with van der Waals surface area (Å²) in [7, 11) is 0. The van der Waals surface area contributed by atoms with Crippen molar-refractivity contribution in [2.45, 2.75) is 51.1 Å². The average Bonchev–Trinajstić information content (AvgIpc) is 2.53. The molecule has 0 spiro atoms. The third-order valence-corrected chi connectivity index (χ3v) is 56.1. The molecule has 0 atom stereocenters. The molecule has 0 aromatic rings. The molecule has 0 N–H and O–H groups in total. The Morgan fingerprint density at radius 1 is 0.708 bits per heavy atom. The van der Waals surface area contributed by atoms with Crippen molar-refractivity contribution < 1.29 is 3.76 Å². The Morgan fingerprint density at radius 3 is 1.54 bits per heavy atom. The van der Waals surface area contributed by atoms with Crippen molar-refractivity contribution in [3.63, 3.8) is 0 Å². The fraction of sp³-hybridized carbons (Fsp3) is 0.429. The Bertz CT molecular complexity index is 462. The van der Waals surface area contributed by atoms with Crippen LogP contribution in [0, 0.1) is 0 Å². The summed E-state index contributed by atoms with van der Waals surface area (Å²) in [5.41, 5.74) is -0.105. The molecule has 0 aromatic carbocycles. The average molecular weight is 448 g/mol. The number of hydrogen-bond acceptors (Lipinski definition) is 1. The molecule has 24 heavy (non-hydrogen) atoms. The van der Waals surface area contributed by atoms with Crippen LogP contribution in [0.5, 0.6) is 0 Å². The summed E-state index contributed by atoms with van der Waals surface area (Å²) in [4.78, 5) is 0. The summed E-state index contributed by atoms with van der Waals surface area (Å²) in [5.74, 6) is 0. The Kier molecular flexibility index (Phi) is 8.82. The first kappa shape index (κ1) is 21.5. The predicted molar refractivity (Wildman–Crippen MR) is 114 cm³/mol. The normalized spacial score (nSPS) is 20.5. The van der Waals surface area contributed by atoms with Crippen LogP contribution in [0.2, 0.25) is 26.3 Å². The van der Waals surface area contributed by atoms with Crippen LogP contribution in [-0.4, -0.2) is 28.5 Å². The molecule has 0 aromatic heterocycles. The maximum absolute atomic E-state index is 7.23. The van der Waals surface area contributed by atoms with Crippen LogP contribution >= 0.6 is 0 Å². The molecular weight excluding hydrogens is 413 g/mol. The van der Waals surface area contributed by atoms with Crippen molar-refractivity contribution in [1.29, 1.82) is 0 Å². The van der Waals surface area contributed by atoms with Gasteiger partial charge in [0.15, 0.2) is 0 Å². The molecule has 132 valence electrons. The number of hydrogen-bond donors (Lipinski definition) is 0. The first-order valence-corrected chi connectivity index (χ1v) is 23.7. The van der Waals surface area contributed by atoms with E-state index < -0.39 is 22.9 Å². The molecule has 0 unspecified atom stereocenters. The molecule has 1 aliphatic rings. The van der Waals surface area contributed by atoms with Crippen molar-refractivity contribution >= 4 is 22.9 Å². The Labute approximate surface area is 153 Å². The fourth-order valence-corrected chi connectivity index (χ4v) is 54.6. The summed E-state index contributed by atoms with van der Waals surface area (Å²) in [5, 5.41) is 5.80. The summed E-state index contributed by atoms with van der Waals surface area (Å²) >= 11 is -4.91. The van der Waals surface area contributed by atoms with Gasteiger partial charge in [0.25, 0.3) is 0 Å². The van der Waals surface area contributed by atoms with E-state index in [1.54, 1.807) is 0 Å². The number of rotatable bonds is 12. The molecule has 1 fully saturated rings. The first-order chi connectivity index (χ1) is 11.5. The zero-order chi connectivity index (χ0) is 18.1. The molecule has 1 aliphatic heterocycles. The van der Waals surface area contributed by atoms with Crippen LogP contribution in [-0.2, 0) is 3.76 Å². The van der Waals surface area contributed by atoms with Gasteiger partial charge in [0, 0.05) is 0 Å². The minimum absolute atomic E-state index is 0.105. The molecule has 3 heteroatoms. The molecule has 0 amide bonds. The summed E-state index contributed by atoms with van der Waals surface area (Å²) < 4.78 is 7.23. The second kappa shape index (κ2) is 9.84. The van der Waals surface area contributed by atoms with Gasteiger partial charge in [-0.1, -0.05) is 0 Å². The van der Waals surface area contributed by atoms with E-state index in [1.807, 2.05) is 12.2 Å². The van der Waals surface area contributed by atoms with Gasteiger partial charge >= 0.3 is 154 Å². The van der Waals surface area contributed by atoms with Gasteiger partial charge in [-0.15, -0.1) is 0 Å². The van der Waals surface area contributed by atoms with Crippen LogP contribution in [0.1, 0.15) is 19.3 Å². The van der Waals surface area contributed by atoms with Crippen LogP contribution in [0.3, 0.4) is 0 Å². The van der Waals surface area contributed by atoms with E-state index in [4.69, 9.17) is 3.76 Å². The van der Waals surface area contributed by atoms with E-state index in [-0.39, 0.29) is 5.60 Å². The number of allylic oxidation sites excluding steroid dienone is 4. The van der Waals surface area contributed by atoms with Gasteiger partial charge in [-0.3, -0.25) is 0 Å². The Balaban J connectivity index is 3.45. The second-order valence-corrected chi connectivity index (χ2v) is 43.0. The van der Waals surface area contributed by atoms with Crippen LogP contribution in [0.25, 0.3) is 0 Å². The Morgan fingerprint density at radius 2 is 1.17 bits per heavy atom. The summed E-state index contributed by atoms with van der Waals surface area (Å²) in [6, 6.07) is 0. The van der Waals surface area contributed by atoms with Gasteiger partial charge < -0.3 is 0 Å². The molecule has 0 radical (unpaired) electrons. The van der Waals surface area contributed by atoms with E-state index in [0.29, 0.717) is 0 Å². The molecule has 1 heterocycles. The van der Waals surface area contributed by atoms with Gasteiger partial charge in [-0.25, -0.2) is 0 Å². The topological polar surface area (TPSA) is 9.23 Å². The maximum atomic E-state index is 7.23. The minimum atomic E-state index is -2.65. The van der Waals surface area contributed by atoms with Crippen molar-refractivity contribution in [2.24, 2.45) is 0 Å². The van der Waals surface area contributed by atoms with Gasteiger partial charge in [-0.2, -0.15) is 0 Å². The third kappa shape index (κ3) is 4.36. The van der Waals surface area contributed by atoms with Crippen LogP contribution in [0.4, 0.5) is 0 Å². The molecular formula is C21H34Ge2O. The van der Waals surface area contributed by atoms with Gasteiger partial charge in [-0.05, 0) is 0 Å². The van der Waals surface area contributed by atoms with Crippen molar-refractivity contribution in [3.05, 3.63) is 75.9 Å². The van der Waals surface area contributed by atoms with E-state index in [0.717, 1.165) is 29.8 Å². The first-order valence-electron chi connectivity index (χ1n) is 8.89. The van der Waals surface area contributed by atoms with Crippen molar-refractivity contribution in [2.75, 3.05) is 0 Å². The summed E-state index contributed by atoms with van der Waals surface area (Å²) in [6.45, 7) is 24.3. The van der Waals surface area contributed by atoms with Crippen LogP contribution in [0.15, 0.2) is 75.9 Å². The fourth-order valence-electron chi connectivity index (χ4n) is 4.44. The zero-order valence-corrected chi connectivity index (χ0v) is 19.5. The molecule has 0 saturated carbocycles. The van der Waals surface area contributed by atoms with E-state index in [9.17, 15) is 0 Å². The van der Waals surface area contributed by atoms with E-state index >= 15 is 0 Å². The second-order valence-electron chi connectivity index (χ2n) is 7.02. The molecule has 1 saturated heterocycles. The van der Waals surface area contributed by atoms with E-state index in [2.05, 4.69) is 63.8 Å². The van der Waals surface area contributed by atoms with Crippen LogP contribution < -0.4 is 0 Å². The predicted octanol–water partition coefficient (Wildman–Crippen LogP) is 6.51. The quantitative estimate of drug-likeness (QED) is 0.245. The zero-order valence-electron chi connectivity index (χ0n) is 15.3. The van der Waals surface area contributed by atoms with Crippen molar-refractivity contribution in [1.82, 2.24) is 0 Å². The van der Waals surface area contributed by atoms with Gasteiger partial charge in [0.1, 0.15) is 0 Å².